The zero-order chi connectivity index (χ0) is 12.4. The van der Waals surface area contributed by atoms with Crippen LogP contribution in [0.1, 0.15) is 31.4 Å². The Bertz CT molecular complexity index is 401. The largest absolute Gasteiger partial charge is 0.315 e. The van der Waals surface area contributed by atoms with Gasteiger partial charge in [-0.1, -0.05) is 25.1 Å². The van der Waals surface area contributed by atoms with Crippen LogP contribution < -0.4 is 5.32 Å². The number of hydrogen-bond acceptors (Lipinski definition) is 3. The molecule has 2 aliphatic rings. The predicted molar refractivity (Wildman–Crippen MR) is 78.2 cm³/mol. The Morgan fingerprint density at radius 1 is 1.33 bits per heavy atom. The Morgan fingerprint density at radius 3 is 3.00 bits per heavy atom. The molecule has 1 aromatic carbocycles. The van der Waals surface area contributed by atoms with Gasteiger partial charge in [0.2, 0.25) is 0 Å². The van der Waals surface area contributed by atoms with Gasteiger partial charge in [0.25, 0.3) is 0 Å². The molecule has 2 atom stereocenters. The molecule has 98 valence electrons. The summed E-state index contributed by atoms with van der Waals surface area (Å²) in [5, 5.41) is 3.50. The maximum Gasteiger partial charge on any atom is 0.0370 e. The summed E-state index contributed by atoms with van der Waals surface area (Å²) in [6.07, 6.45) is 2.60. The van der Waals surface area contributed by atoms with E-state index in [1.165, 1.54) is 36.6 Å². The van der Waals surface area contributed by atoms with Crippen molar-refractivity contribution in [3.05, 3.63) is 29.8 Å². The second kappa shape index (κ2) is 5.64. The van der Waals surface area contributed by atoms with Gasteiger partial charge in [-0.05, 0) is 43.3 Å². The van der Waals surface area contributed by atoms with Gasteiger partial charge in [0.15, 0.2) is 0 Å². The van der Waals surface area contributed by atoms with E-state index < -0.39 is 0 Å². The summed E-state index contributed by atoms with van der Waals surface area (Å²) >= 11 is 2.02. The van der Waals surface area contributed by atoms with Gasteiger partial charge in [-0.25, -0.2) is 0 Å². The molecule has 18 heavy (non-hydrogen) atoms. The number of thioether (sulfide) groups is 1. The smallest absolute Gasteiger partial charge is 0.0370 e. The Kier molecular flexibility index (Phi) is 3.92. The van der Waals surface area contributed by atoms with Crippen LogP contribution >= 0.6 is 11.8 Å². The third-order valence-corrected chi connectivity index (χ3v) is 5.32. The minimum atomic E-state index is 0.636. The summed E-state index contributed by atoms with van der Waals surface area (Å²) in [5.74, 6) is 1.26. The van der Waals surface area contributed by atoms with Crippen molar-refractivity contribution in [3.8, 4) is 0 Å². The highest BCUT2D eigenvalue weighted by atomic mass is 32.2. The van der Waals surface area contributed by atoms with E-state index in [1.807, 2.05) is 11.8 Å². The van der Waals surface area contributed by atoms with Gasteiger partial charge in [0.1, 0.15) is 0 Å². The lowest BCUT2D eigenvalue weighted by molar-refractivity contribution is 0.145. The molecular weight excluding hydrogens is 240 g/mol. The fourth-order valence-corrected chi connectivity index (χ4v) is 4.43. The van der Waals surface area contributed by atoms with E-state index >= 15 is 0 Å². The lowest BCUT2D eigenvalue weighted by Crippen LogP contribution is -2.40. The number of fused-ring (bicyclic) bond motifs is 1. The van der Waals surface area contributed by atoms with Crippen molar-refractivity contribution in [2.24, 2.45) is 0 Å². The second-order valence-corrected chi connectivity index (χ2v) is 6.30. The zero-order valence-electron chi connectivity index (χ0n) is 11.1. The highest BCUT2D eigenvalue weighted by Gasteiger charge is 2.31. The molecule has 2 nitrogen and oxygen atoms in total. The van der Waals surface area contributed by atoms with Crippen LogP contribution in [0.4, 0.5) is 0 Å². The molecule has 0 saturated carbocycles. The van der Waals surface area contributed by atoms with Crippen LogP contribution in [-0.4, -0.2) is 36.3 Å². The molecule has 0 aromatic heterocycles. The number of rotatable bonds is 3. The van der Waals surface area contributed by atoms with Crippen LogP contribution in [0.5, 0.6) is 0 Å². The monoisotopic (exact) mass is 262 g/mol. The van der Waals surface area contributed by atoms with Gasteiger partial charge >= 0.3 is 0 Å². The lowest BCUT2D eigenvalue weighted by Gasteiger charge is -2.38. The molecule has 1 aromatic rings. The fourth-order valence-electron chi connectivity index (χ4n) is 3.32. The molecule has 2 heterocycles. The summed E-state index contributed by atoms with van der Waals surface area (Å²) < 4.78 is 0. The predicted octanol–water partition coefficient (Wildman–Crippen LogP) is 2.91. The summed E-state index contributed by atoms with van der Waals surface area (Å²) in [5.41, 5.74) is 1.56. The maximum atomic E-state index is 3.50. The van der Waals surface area contributed by atoms with E-state index in [4.69, 9.17) is 0 Å². The van der Waals surface area contributed by atoms with Crippen LogP contribution in [-0.2, 0) is 0 Å². The average Bonchev–Trinajstić information content (AvgIpc) is 2.94. The van der Waals surface area contributed by atoms with Gasteiger partial charge in [0, 0.05) is 23.5 Å². The first kappa shape index (κ1) is 12.5. The number of benzene rings is 1. The normalized spacial score (nSPS) is 27.4. The molecule has 1 N–H and O–H groups in total. The molecule has 0 radical (unpaired) electrons. The van der Waals surface area contributed by atoms with Gasteiger partial charge < -0.3 is 5.32 Å². The van der Waals surface area contributed by atoms with Crippen molar-refractivity contribution >= 4 is 11.8 Å². The minimum Gasteiger partial charge on any atom is -0.315 e. The van der Waals surface area contributed by atoms with Crippen LogP contribution in [0, 0.1) is 0 Å². The van der Waals surface area contributed by atoms with E-state index in [1.54, 1.807) is 5.56 Å². The van der Waals surface area contributed by atoms with E-state index in [9.17, 15) is 0 Å². The van der Waals surface area contributed by atoms with Crippen LogP contribution in [0.25, 0.3) is 0 Å². The first-order chi connectivity index (χ1) is 8.90. The van der Waals surface area contributed by atoms with Gasteiger partial charge in [-0.2, -0.15) is 0 Å². The van der Waals surface area contributed by atoms with E-state index in [2.05, 4.69) is 41.4 Å². The summed E-state index contributed by atoms with van der Waals surface area (Å²) in [7, 11) is 0. The molecule has 1 fully saturated rings. The average molecular weight is 262 g/mol. The summed E-state index contributed by atoms with van der Waals surface area (Å²) in [4.78, 5) is 4.22. The third kappa shape index (κ3) is 2.31. The summed E-state index contributed by atoms with van der Waals surface area (Å²) in [6.45, 7) is 5.82. The van der Waals surface area contributed by atoms with Crippen LogP contribution in [0.2, 0.25) is 0 Å². The Balaban J connectivity index is 1.87. The Hall–Kier alpha value is -0.510. The van der Waals surface area contributed by atoms with Crippen molar-refractivity contribution in [1.29, 1.82) is 0 Å². The topological polar surface area (TPSA) is 15.3 Å². The quantitative estimate of drug-likeness (QED) is 0.901. The van der Waals surface area contributed by atoms with Gasteiger partial charge in [-0.15, -0.1) is 11.8 Å². The maximum absolute atomic E-state index is 3.50. The molecule has 0 aliphatic carbocycles. The van der Waals surface area contributed by atoms with Crippen molar-refractivity contribution in [2.45, 2.75) is 36.7 Å². The van der Waals surface area contributed by atoms with Gasteiger partial charge in [0.05, 0.1) is 0 Å². The number of hydrogen-bond donors (Lipinski definition) is 1. The standard InChI is InChI=1S/C15H22N2S/c1-2-17(12-7-9-16-11-12)14-8-10-18-15-6-4-3-5-13(14)15/h3-6,12,14,16H,2,7-11H2,1H3. The highest BCUT2D eigenvalue weighted by Crippen LogP contribution is 2.40. The third-order valence-electron chi connectivity index (χ3n) is 4.20. The molecule has 3 rings (SSSR count). The molecule has 2 aliphatic heterocycles. The van der Waals surface area contributed by atoms with Crippen molar-refractivity contribution < 1.29 is 0 Å². The molecule has 0 amide bonds. The first-order valence-electron chi connectivity index (χ1n) is 7.08. The number of nitrogens with one attached hydrogen (secondary N) is 1. The van der Waals surface area contributed by atoms with Crippen LogP contribution in [0.3, 0.4) is 0 Å². The molecule has 0 bridgehead atoms. The molecule has 2 unspecified atom stereocenters. The first-order valence-corrected chi connectivity index (χ1v) is 8.07. The minimum absolute atomic E-state index is 0.636. The van der Waals surface area contributed by atoms with E-state index in [0.29, 0.717) is 6.04 Å². The second-order valence-electron chi connectivity index (χ2n) is 5.17. The zero-order valence-corrected chi connectivity index (χ0v) is 11.9. The SMILES string of the molecule is CCN(C1CCNC1)C1CCSc2ccccc21. The lowest BCUT2D eigenvalue weighted by atomic mass is 9.99. The number of nitrogens with zero attached hydrogens (tertiary/aromatic N) is 1. The molecule has 3 heteroatoms. The molecular formula is C15H22N2S. The van der Waals surface area contributed by atoms with Gasteiger partial charge in [-0.3, -0.25) is 4.90 Å². The van der Waals surface area contributed by atoms with Crippen molar-refractivity contribution in [2.75, 3.05) is 25.4 Å². The van der Waals surface area contributed by atoms with E-state index in [0.717, 1.165) is 12.6 Å². The summed E-state index contributed by atoms with van der Waals surface area (Å²) in [6, 6.07) is 10.3. The van der Waals surface area contributed by atoms with Crippen LogP contribution in [0.15, 0.2) is 29.2 Å². The Morgan fingerprint density at radius 2 is 2.22 bits per heavy atom. The van der Waals surface area contributed by atoms with Crippen molar-refractivity contribution in [1.82, 2.24) is 10.2 Å². The highest BCUT2D eigenvalue weighted by molar-refractivity contribution is 7.99. The fraction of sp³-hybridized carbons (Fsp3) is 0.600. The van der Waals surface area contributed by atoms with E-state index in [-0.39, 0.29) is 0 Å². The molecule has 1 saturated heterocycles. The Labute approximate surface area is 114 Å². The molecule has 0 spiro atoms. The number of likely N-dealkylation sites (N-methyl/N-ethyl adjacent to an activating group) is 1. The van der Waals surface area contributed by atoms with Crippen molar-refractivity contribution in [3.63, 3.8) is 0 Å².